The summed E-state index contributed by atoms with van der Waals surface area (Å²) in [4.78, 5) is 26.9. The van der Waals surface area contributed by atoms with Gasteiger partial charge in [-0.15, -0.1) is 0 Å². The standard InChI is InChI=1S/C26H25N5O/c1-17(2)20-7-4-5-8-21(20)24-28-15-23-25(29-24)31(26(32)30(23)3)16-18-10-12-19(13-11-18)22-9-6-14-27-22/h4-8,10-15,17H,9,16H2,1-3H3. The molecule has 0 N–H and O–H groups in total. The Balaban J connectivity index is 1.55. The van der Waals surface area contributed by atoms with E-state index in [1.165, 1.54) is 5.56 Å². The van der Waals surface area contributed by atoms with E-state index in [4.69, 9.17) is 4.98 Å². The van der Waals surface area contributed by atoms with Crippen molar-refractivity contribution < 1.29 is 0 Å². The summed E-state index contributed by atoms with van der Waals surface area (Å²) in [5, 5.41) is 0. The van der Waals surface area contributed by atoms with Crippen LogP contribution in [0, 0.1) is 0 Å². The Morgan fingerprint density at radius 1 is 1.06 bits per heavy atom. The van der Waals surface area contributed by atoms with E-state index >= 15 is 0 Å². The van der Waals surface area contributed by atoms with E-state index in [0.29, 0.717) is 23.9 Å². The highest BCUT2D eigenvalue weighted by molar-refractivity contribution is 6.03. The minimum absolute atomic E-state index is 0.1000. The molecule has 0 bridgehead atoms. The molecule has 5 rings (SSSR count). The maximum Gasteiger partial charge on any atom is 0.330 e. The maximum atomic E-state index is 13.0. The molecule has 0 radical (unpaired) electrons. The van der Waals surface area contributed by atoms with Gasteiger partial charge in [-0.25, -0.2) is 14.8 Å². The van der Waals surface area contributed by atoms with E-state index in [-0.39, 0.29) is 5.69 Å². The van der Waals surface area contributed by atoms with Gasteiger partial charge in [0.2, 0.25) is 0 Å². The van der Waals surface area contributed by atoms with Crippen molar-refractivity contribution >= 4 is 16.9 Å². The Hall–Kier alpha value is -3.80. The zero-order chi connectivity index (χ0) is 22.2. The average molecular weight is 424 g/mol. The van der Waals surface area contributed by atoms with Gasteiger partial charge in [0.1, 0.15) is 5.52 Å². The van der Waals surface area contributed by atoms with Crippen LogP contribution < -0.4 is 5.69 Å². The van der Waals surface area contributed by atoms with Crippen molar-refractivity contribution in [2.24, 2.45) is 12.0 Å². The molecule has 3 heterocycles. The van der Waals surface area contributed by atoms with Gasteiger partial charge in [0.25, 0.3) is 0 Å². The molecule has 2 aromatic heterocycles. The lowest BCUT2D eigenvalue weighted by atomic mass is 9.97. The fourth-order valence-corrected chi connectivity index (χ4v) is 4.19. The number of aliphatic imine (C=N–C) groups is 1. The van der Waals surface area contributed by atoms with Gasteiger partial charge < -0.3 is 0 Å². The molecule has 0 saturated heterocycles. The monoisotopic (exact) mass is 423 g/mol. The van der Waals surface area contributed by atoms with Crippen LogP contribution in [0.2, 0.25) is 0 Å². The molecule has 0 unspecified atom stereocenters. The van der Waals surface area contributed by atoms with Crippen molar-refractivity contribution in [1.82, 2.24) is 19.1 Å². The second kappa shape index (κ2) is 8.04. The fourth-order valence-electron chi connectivity index (χ4n) is 4.19. The van der Waals surface area contributed by atoms with Crippen molar-refractivity contribution in [3.05, 3.63) is 94.2 Å². The summed E-state index contributed by atoms with van der Waals surface area (Å²) in [7, 11) is 1.76. The molecule has 1 aliphatic heterocycles. The van der Waals surface area contributed by atoms with Crippen molar-refractivity contribution in [2.75, 3.05) is 0 Å². The fraction of sp³-hybridized carbons (Fsp3) is 0.231. The summed E-state index contributed by atoms with van der Waals surface area (Å²) in [6.07, 6.45) is 6.50. The predicted molar refractivity (Wildman–Crippen MR) is 128 cm³/mol. The third-order valence-corrected chi connectivity index (χ3v) is 5.98. The molecule has 6 heteroatoms. The van der Waals surface area contributed by atoms with Crippen molar-refractivity contribution in [3.63, 3.8) is 0 Å². The predicted octanol–water partition coefficient (Wildman–Crippen LogP) is 4.68. The zero-order valence-corrected chi connectivity index (χ0v) is 18.5. The lowest BCUT2D eigenvalue weighted by Gasteiger charge is -2.11. The maximum absolute atomic E-state index is 13.0. The van der Waals surface area contributed by atoms with Crippen LogP contribution >= 0.6 is 0 Å². The number of hydrogen-bond acceptors (Lipinski definition) is 4. The lowest BCUT2D eigenvalue weighted by molar-refractivity contribution is 0.731. The molecule has 1 aliphatic rings. The van der Waals surface area contributed by atoms with Crippen LogP contribution in [0.15, 0.2) is 76.8 Å². The number of aryl methyl sites for hydroxylation is 1. The van der Waals surface area contributed by atoms with Gasteiger partial charge in [-0.1, -0.05) is 68.5 Å². The first-order valence-corrected chi connectivity index (χ1v) is 10.9. The number of benzene rings is 2. The second-order valence-electron chi connectivity index (χ2n) is 8.43. The third kappa shape index (κ3) is 3.47. The van der Waals surface area contributed by atoms with Crippen LogP contribution in [0.5, 0.6) is 0 Å². The first kappa shape index (κ1) is 20.1. The molecule has 0 atom stereocenters. The van der Waals surface area contributed by atoms with Crippen LogP contribution in [0.3, 0.4) is 0 Å². The highest BCUT2D eigenvalue weighted by Gasteiger charge is 2.17. The number of rotatable bonds is 5. The minimum Gasteiger partial charge on any atom is -0.292 e. The first-order chi connectivity index (χ1) is 15.5. The molecule has 0 saturated carbocycles. The van der Waals surface area contributed by atoms with E-state index in [1.807, 2.05) is 30.5 Å². The normalized spacial score (nSPS) is 13.3. The quantitative estimate of drug-likeness (QED) is 0.468. The van der Waals surface area contributed by atoms with Crippen molar-refractivity contribution in [2.45, 2.75) is 32.7 Å². The van der Waals surface area contributed by atoms with Gasteiger partial charge in [0.15, 0.2) is 11.5 Å². The molecule has 0 spiro atoms. The van der Waals surface area contributed by atoms with E-state index < -0.39 is 0 Å². The van der Waals surface area contributed by atoms with Gasteiger partial charge in [-0.05, 0) is 22.6 Å². The Labute approximate surface area is 186 Å². The number of aromatic nitrogens is 4. The van der Waals surface area contributed by atoms with Crippen LogP contribution in [-0.2, 0) is 13.6 Å². The van der Waals surface area contributed by atoms with E-state index in [9.17, 15) is 4.79 Å². The molecule has 0 aliphatic carbocycles. The molecular weight excluding hydrogens is 398 g/mol. The first-order valence-electron chi connectivity index (χ1n) is 10.9. The Morgan fingerprint density at radius 2 is 1.84 bits per heavy atom. The molecule has 0 fully saturated rings. The summed E-state index contributed by atoms with van der Waals surface area (Å²) in [6, 6.07) is 16.4. The molecular formula is C26H25N5O. The molecule has 2 aromatic carbocycles. The van der Waals surface area contributed by atoms with Crippen LogP contribution in [0.1, 0.15) is 42.9 Å². The SMILES string of the molecule is CC(C)c1ccccc1-c1ncc2c(n1)n(Cc1ccc(C3=NC=CC3)cc1)c(=O)n2C. The molecule has 0 amide bonds. The number of imidazole rings is 1. The highest BCUT2D eigenvalue weighted by atomic mass is 16.1. The third-order valence-electron chi connectivity index (χ3n) is 5.98. The second-order valence-corrected chi connectivity index (χ2v) is 8.43. The Morgan fingerprint density at radius 3 is 2.56 bits per heavy atom. The van der Waals surface area contributed by atoms with Gasteiger partial charge >= 0.3 is 5.69 Å². The van der Waals surface area contributed by atoms with Crippen LogP contribution in [0.4, 0.5) is 0 Å². The summed E-state index contributed by atoms with van der Waals surface area (Å²) in [6.45, 7) is 4.77. The molecule has 6 nitrogen and oxygen atoms in total. The number of hydrogen-bond donors (Lipinski definition) is 0. The van der Waals surface area contributed by atoms with Crippen molar-refractivity contribution in [1.29, 1.82) is 0 Å². The molecule has 32 heavy (non-hydrogen) atoms. The van der Waals surface area contributed by atoms with E-state index in [1.54, 1.807) is 22.4 Å². The highest BCUT2D eigenvalue weighted by Crippen LogP contribution is 2.27. The summed E-state index contributed by atoms with van der Waals surface area (Å²) in [5.74, 6) is 0.991. The number of nitrogens with zero attached hydrogens (tertiary/aromatic N) is 5. The number of fused-ring (bicyclic) bond motifs is 1. The van der Waals surface area contributed by atoms with Gasteiger partial charge in [0.05, 0.1) is 18.5 Å². The molecule has 4 aromatic rings. The van der Waals surface area contributed by atoms with Crippen LogP contribution in [0.25, 0.3) is 22.6 Å². The molecule has 160 valence electrons. The van der Waals surface area contributed by atoms with Gasteiger partial charge in [-0.2, -0.15) is 0 Å². The van der Waals surface area contributed by atoms with Crippen LogP contribution in [-0.4, -0.2) is 24.8 Å². The van der Waals surface area contributed by atoms with Gasteiger partial charge in [0, 0.05) is 25.2 Å². The largest absolute Gasteiger partial charge is 0.330 e. The lowest BCUT2D eigenvalue weighted by Crippen LogP contribution is -2.22. The topological polar surface area (TPSA) is 65.1 Å². The number of allylic oxidation sites excluding steroid dienone is 1. The Kier molecular flexibility index (Phi) is 5.05. The smallest absolute Gasteiger partial charge is 0.292 e. The Bertz CT molecular complexity index is 1420. The van der Waals surface area contributed by atoms with Gasteiger partial charge in [-0.3, -0.25) is 14.1 Å². The minimum atomic E-state index is -0.1000. The summed E-state index contributed by atoms with van der Waals surface area (Å²) < 4.78 is 3.34. The average Bonchev–Trinajstić information content (AvgIpc) is 3.43. The van der Waals surface area contributed by atoms with Crippen molar-refractivity contribution in [3.8, 4) is 11.4 Å². The van der Waals surface area contributed by atoms with E-state index in [0.717, 1.165) is 34.3 Å². The zero-order valence-electron chi connectivity index (χ0n) is 18.5. The summed E-state index contributed by atoms with van der Waals surface area (Å²) in [5.41, 5.74) is 6.69. The summed E-state index contributed by atoms with van der Waals surface area (Å²) >= 11 is 0. The van der Waals surface area contributed by atoms with E-state index in [2.05, 4.69) is 54.2 Å².